The summed E-state index contributed by atoms with van der Waals surface area (Å²) in [6, 6.07) is 5.50. The standard InChI is InChI=1S/C17H20O3/c1-10-6-5-7-12(11(10)2)15(19)14-13(18)8-9-17(3,4)16(14)20/h5-7,19H,8-9H2,1-4H3. The van der Waals surface area contributed by atoms with E-state index in [0.29, 0.717) is 18.4 Å². The molecule has 0 atom stereocenters. The molecule has 1 saturated carbocycles. The summed E-state index contributed by atoms with van der Waals surface area (Å²) >= 11 is 0. The number of aryl methyl sites for hydroxylation is 1. The second kappa shape index (κ2) is 4.89. The molecule has 0 amide bonds. The molecular formula is C17H20O3. The molecule has 1 aromatic carbocycles. The molecule has 0 bridgehead atoms. The highest BCUT2D eigenvalue weighted by Gasteiger charge is 2.40. The topological polar surface area (TPSA) is 54.4 Å². The molecule has 1 aliphatic rings. The lowest BCUT2D eigenvalue weighted by Gasteiger charge is -2.29. The smallest absolute Gasteiger partial charge is 0.175 e. The van der Waals surface area contributed by atoms with Gasteiger partial charge in [-0.25, -0.2) is 0 Å². The molecule has 2 rings (SSSR count). The van der Waals surface area contributed by atoms with Crippen molar-refractivity contribution in [1.29, 1.82) is 0 Å². The number of aliphatic hydroxyl groups is 1. The Hall–Kier alpha value is -1.90. The molecule has 0 saturated heterocycles. The summed E-state index contributed by atoms with van der Waals surface area (Å²) in [5, 5.41) is 10.5. The lowest BCUT2D eigenvalue weighted by atomic mass is 9.72. The van der Waals surface area contributed by atoms with E-state index in [-0.39, 0.29) is 22.9 Å². The Labute approximate surface area is 119 Å². The van der Waals surface area contributed by atoms with E-state index in [1.54, 1.807) is 6.07 Å². The summed E-state index contributed by atoms with van der Waals surface area (Å²) in [5.41, 5.74) is 1.86. The predicted octanol–water partition coefficient (Wildman–Crippen LogP) is 3.53. The minimum Gasteiger partial charge on any atom is -0.506 e. The fourth-order valence-electron chi connectivity index (χ4n) is 2.51. The Morgan fingerprint density at radius 3 is 2.50 bits per heavy atom. The van der Waals surface area contributed by atoms with Gasteiger partial charge in [0.1, 0.15) is 11.3 Å². The first-order valence-electron chi connectivity index (χ1n) is 6.83. The first-order valence-corrected chi connectivity index (χ1v) is 6.83. The Kier molecular flexibility index (Phi) is 3.55. The molecule has 1 N–H and O–H groups in total. The van der Waals surface area contributed by atoms with Gasteiger partial charge in [-0.05, 0) is 31.4 Å². The molecule has 3 nitrogen and oxygen atoms in total. The summed E-state index contributed by atoms with van der Waals surface area (Å²) in [4.78, 5) is 24.5. The second-order valence-electron chi connectivity index (χ2n) is 6.11. The van der Waals surface area contributed by atoms with Crippen LogP contribution in [0.3, 0.4) is 0 Å². The number of aliphatic hydroxyl groups excluding tert-OH is 1. The SMILES string of the molecule is Cc1cccc(C(O)=C2C(=O)CCC(C)(C)C2=O)c1C. The van der Waals surface area contributed by atoms with Crippen molar-refractivity contribution in [2.24, 2.45) is 5.41 Å². The molecule has 0 aliphatic heterocycles. The van der Waals surface area contributed by atoms with Crippen LogP contribution < -0.4 is 0 Å². The Morgan fingerprint density at radius 2 is 1.85 bits per heavy atom. The van der Waals surface area contributed by atoms with Crippen molar-refractivity contribution >= 4 is 17.3 Å². The van der Waals surface area contributed by atoms with E-state index in [4.69, 9.17) is 0 Å². The number of rotatable bonds is 1. The van der Waals surface area contributed by atoms with Crippen molar-refractivity contribution in [3.63, 3.8) is 0 Å². The number of hydrogen-bond donors (Lipinski definition) is 1. The van der Waals surface area contributed by atoms with Crippen molar-refractivity contribution in [2.45, 2.75) is 40.5 Å². The summed E-state index contributed by atoms with van der Waals surface area (Å²) < 4.78 is 0. The van der Waals surface area contributed by atoms with Crippen LogP contribution in [-0.4, -0.2) is 16.7 Å². The fraction of sp³-hybridized carbons (Fsp3) is 0.412. The third-order valence-electron chi connectivity index (χ3n) is 4.19. The molecule has 1 aliphatic carbocycles. The molecule has 0 radical (unpaired) electrons. The number of hydrogen-bond acceptors (Lipinski definition) is 3. The number of Topliss-reactive ketones (excluding diaryl/α,β-unsaturated/α-hetero) is 2. The Balaban J connectivity index is 2.63. The second-order valence-corrected chi connectivity index (χ2v) is 6.11. The van der Waals surface area contributed by atoms with E-state index in [2.05, 4.69) is 0 Å². The van der Waals surface area contributed by atoms with Gasteiger partial charge >= 0.3 is 0 Å². The normalized spacial score (nSPS) is 21.0. The van der Waals surface area contributed by atoms with E-state index in [0.717, 1.165) is 11.1 Å². The third-order valence-corrected chi connectivity index (χ3v) is 4.19. The number of benzene rings is 1. The number of carbonyl (C=O) groups is 2. The zero-order valence-electron chi connectivity index (χ0n) is 12.4. The van der Waals surface area contributed by atoms with Gasteiger partial charge in [0.05, 0.1) is 0 Å². The van der Waals surface area contributed by atoms with Gasteiger partial charge in [0.2, 0.25) is 0 Å². The maximum Gasteiger partial charge on any atom is 0.175 e. The number of carbonyl (C=O) groups excluding carboxylic acids is 2. The van der Waals surface area contributed by atoms with Crippen molar-refractivity contribution in [1.82, 2.24) is 0 Å². The Bertz CT molecular complexity index is 621. The quantitative estimate of drug-likeness (QED) is 0.483. The fourth-order valence-corrected chi connectivity index (χ4v) is 2.51. The molecule has 0 spiro atoms. The monoisotopic (exact) mass is 272 g/mol. The van der Waals surface area contributed by atoms with Crippen LogP contribution in [0.1, 0.15) is 43.4 Å². The summed E-state index contributed by atoms with van der Waals surface area (Å²) in [5.74, 6) is -0.686. The van der Waals surface area contributed by atoms with Crippen LogP contribution in [0.4, 0.5) is 0 Å². The van der Waals surface area contributed by atoms with Crippen LogP contribution in [0.2, 0.25) is 0 Å². The van der Waals surface area contributed by atoms with E-state index < -0.39 is 5.41 Å². The van der Waals surface area contributed by atoms with Crippen LogP contribution in [0.15, 0.2) is 23.8 Å². The summed E-state index contributed by atoms with van der Waals surface area (Å²) in [6.45, 7) is 7.45. The zero-order chi connectivity index (χ0) is 15.1. The van der Waals surface area contributed by atoms with Gasteiger partial charge in [-0.1, -0.05) is 32.0 Å². The lowest BCUT2D eigenvalue weighted by molar-refractivity contribution is -0.130. The summed E-state index contributed by atoms with van der Waals surface area (Å²) in [6.07, 6.45) is 0.844. The van der Waals surface area contributed by atoms with Gasteiger partial charge in [0, 0.05) is 17.4 Å². The third kappa shape index (κ3) is 2.28. The van der Waals surface area contributed by atoms with Crippen molar-refractivity contribution in [3.8, 4) is 0 Å². The van der Waals surface area contributed by atoms with Gasteiger partial charge in [-0.3, -0.25) is 9.59 Å². The average molecular weight is 272 g/mol. The maximum atomic E-state index is 12.4. The molecule has 0 heterocycles. The molecule has 0 unspecified atom stereocenters. The average Bonchev–Trinajstić information content (AvgIpc) is 2.38. The van der Waals surface area contributed by atoms with Gasteiger partial charge in [-0.15, -0.1) is 0 Å². The van der Waals surface area contributed by atoms with Crippen molar-refractivity contribution in [3.05, 3.63) is 40.5 Å². The van der Waals surface area contributed by atoms with Crippen LogP contribution >= 0.6 is 0 Å². The summed E-state index contributed by atoms with van der Waals surface area (Å²) in [7, 11) is 0. The molecule has 20 heavy (non-hydrogen) atoms. The van der Waals surface area contributed by atoms with Crippen molar-refractivity contribution < 1.29 is 14.7 Å². The van der Waals surface area contributed by atoms with E-state index in [1.807, 2.05) is 39.8 Å². The maximum absolute atomic E-state index is 12.4. The van der Waals surface area contributed by atoms with Gasteiger partial charge in [0.25, 0.3) is 0 Å². The molecule has 1 fully saturated rings. The van der Waals surface area contributed by atoms with Crippen LogP contribution in [0.25, 0.3) is 5.76 Å². The van der Waals surface area contributed by atoms with Crippen LogP contribution in [0.5, 0.6) is 0 Å². The molecule has 1 aromatic rings. The Morgan fingerprint density at radius 1 is 1.20 bits per heavy atom. The first-order chi connectivity index (χ1) is 9.25. The molecular weight excluding hydrogens is 252 g/mol. The highest BCUT2D eigenvalue weighted by molar-refractivity contribution is 6.27. The molecule has 3 heteroatoms. The van der Waals surface area contributed by atoms with Gasteiger partial charge in [0.15, 0.2) is 11.6 Å². The van der Waals surface area contributed by atoms with E-state index >= 15 is 0 Å². The largest absolute Gasteiger partial charge is 0.506 e. The highest BCUT2D eigenvalue weighted by atomic mass is 16.3. The van der Waals surface area contributed by atoms with E-state index in [1.165, 1.54) is 0 Å². The zero-order valence-corrected chi connectivity index (χ0v) is 12.4. The lowest BCUT2D eigenvalue weighted by Crippen LogP contribution is -2.35. The molecule has 0 aromatic heterocycles. The number of ketones is 2. The first kappa shape index (κ1) is 14.5. The van der Waals surface area contributed by atoms with Crippen LogP contribution in [-0.2, 0) is 9.59 Å². The number of allylic oxidation sites excluding steroid dienone is 1. The van der Waals surface area contributed by atoms with Gasteiger partial charge < -0.3 is 5.11 Å². The minimum absolute atomic E-state index is 0.0325. The van der Waals surface area contributed by atoms with Crippen LogP contribution in [0, 0.1) is 19.3 Å². The predicted molar refractivity (Wildman–Crippen MR) is 78.5 cm³/mol. The minimum atomic E-state index is -0.588. The van der Waals surface area contributed by atoms with Gasteiger partial charge in [-0.2, -0.15) is 0 Å². The molecule has 106 valence electrons. The van der Waals surface area contributed by atoms with E-state index in [9.17, 15) is 14.7 Å². The van der Waals surface area contributed by atoms with Crippen molar-refractivity contribution in [2.75, 3.05) is 0 Å². The highest BCUT2D eigenvalue weighted by Crippen LogP contribution is 2.36.